The number of amides is 1. The molecule has 2 rings (SSSR count). The summed E-state index contributed by atoms with van der Waals surface area (Å²) in [6.07, 6.45) is 44.6. The smallest absolute Gasteiger partial charge is 0.220 e. The number of aliphatic hydroxyl groups is 8. The van der Waals surface area contributed by atoms with Crippen LogP contribution in [0.25, 0.3) is 0 Å². The van der Waals surface area contributed by atoms with Crippen molar-refractivity contribution in [1.82, 2.24) is 5.32 Å². The van der Waals surface area contributed by atoms with Gasteiger partial charge in [0.1, 0.15) is 48.8 Å². The molecule has 2 saturated heterocycles. The van der Waals surface area contributed by atoms with Crippen molar-refractivity contribution in [3.63, 3.8) is 0 Å². The highest BCUT2D eigenvalue weighted by Crippen LogP contribution is 2.30. The van der Waals surface area contributed by atoms with Crippen LogP contribution < -0.4 is 5.32 Å². The molecule has 0 aromatic heterocycles. The Morgan fingerprint density at radius 1 is 0.455 bits per heavy atom. The zero-order valence-corrected chi connectivity index (χ0v) is 48.5. The molecule has 2 fully saturated rings. The molecule has 12 unspecified atom stereocenters. The Kier molecular flexibility index (Phi) is 44.9. The lowest BCUT2D eigenvalue weighted by Crippen LogP contribution is -2.65. The molecule has 0 aromatic rings. The van der Waals surface area contributed by atoms with E-state index in [0.29, 0.717) is 12.8 Å². The van der Waals surface area contributed by atoms with E-state index in [4.69, 9.17) is 18.9 Å². The molecule has 77 heavy (non-hydrogen) atoms. The summed E-state index contributed by atoms with van der Waals surface area (Å²) in [4.78, 5) is 13.2. The van der Waals surface area contributed by atoms with Crippen molar-refractivity contribution in [3.8, 4) is 0 Å². The number of aliphatic hydroxyl groups excluding tert-OH is 8. The summed E-state index contributed by atoms with van der Waals surface area (Å²) in [5, 5.41) is 87.0. The van der Waals surface area contributed by atoms with Crippen LogP contribution in [0, 0.1) is 0 Å². The van der Waals surface area contributed by atoms with Gasteiger partial charge in [-0.05, 0) is 70.6 Å². The predicted molar refractivity (Wildman–Crippen MR) is 309 cm³/mol. The summed E-state index contributed by atoms with van der Waals surface area (Å²) >= 11 is 0. The van der Waals surface area contributed by atoms with E-state index in [9.17, 15) is 45.6 Å². The molecular weight excluding hydrogens is 979 g/mol. The Morgan fingerprint density at radius 2 is 0.831 bits per heavy atom. The van der Waals surface area contributed by atoms with Gasteiger partial charge >= 0.3 is 0 Å². The fraction of sp³-hybridized carbons (Fsp3) is 0.857. The van der Waals surface area contributed by atoms with E-state index in [1.807, 2.05) is 6.08 Å². The van der Waals surface area contributed by atoms with Crippen molar-refractivity contribution in [1.29, 1.82) is 0 Å². The Labute approximate surface area is 467 Å². The van der Waals surface area contributed by atoms with Crippen LogP contribution in [0.2, 0.25) is 0 Å². The van der Waals surface area contributed by atoms with Gasteiger partial charge in [0.2, 0.25) is 5.91 Å². The lowest BCUT2D eigenvalue weighted by Gasteiger charge is -2.46. The number of allylic oxidation sites excluding steroid dienone is 7. The van der Waals surface area contributed by atoms with E-state index >= 15 is 0 Å². The maximum Gasteiger partial charge on any atom is 0.220 e. The zero-order chi connectivity index (χ0) is 56.0. The van der Waals surface area contributed by atoms with Crippen molar-refractivity contribution in [2.24, 2.45) is 0 Å². The number of unbranched alkanes of at least 4 members (excludes halogenated alkanes) is 31. The van der Waals surface area contributed by atoms with Gasteiger partial charge in [-0.2, -0.15) is 0 Å². The third-order valence-electron chi connectivity index (χ3n) is 15.2. The van der Waals surface area contributed by atoms with Crippen LogP contribution in [-0.2, 0) is 23.7 Å². The maximum absolute atomic E-state index is 13.2. The molecule has 2 aliphatic heterocycles. The van der Waals surface area contributed by atoms with Gasteiger partial charge in [0.05, 0.1) is 32.0 Å². The van der Waals surface area contributed by atoms with Gasteiger partial charge in [0, 0.05) is 6.42 Å². The Hall–Kier alpha value is -2.05. The minimum Gasteiger partial charge on any atom is -0.394 e. The van der Waals surface area contributed by atoms with Crippen molar-refractivity contribution < 1.29 is 64.6 Å². The third-order valence-corrected chi connectivity index (χ3v) is 15.2. The monoisotopic (exact) mass is 1090 g/mol. The molecule has 14 nitrogen and oxygen atoms in total. The Balaban J connectivity index is 1.73. The molecule has 12 atom stereocenters. The highest BCUT2D eigenvalue weighted by atomic mass is 16.7. The average molecular weight is 1090 g/mol. The summed E-state index contributed by atoms with van der Waals surface area (Å²) in [5.74, 6) is -0.262. The highest BCUT2D eigenvalue weighted by molar-refractivity contribution is 5.76. The third kappa shape index (κ3) is 34.1. The van der Waals surface area contributed by atoms with Gasteiger partial charge in [0.25, 0.3) is 0 Å². The molecule has 1 amide bonds. The van der Waals surface area contributed by atoms with Gasteiger partial charge < -0.3 is 65.1 Å². The van der Waals surface area contributed by atoms with Gasteiger partial charge in [-0.15, -0.1) is 0 Å². The van der Waals surface area contributed by atoms with Crippen molar-refractivity contribution in [2.75, 3.05) is 19.8 Å². The number of rotatable bonds is 50. The van der Waals surface area contributed by atoms with Gasteiger partial charge in [0.15, 0.2) is 12.6 Å². The second-order valence-electron chi connectivity index (χ2n) is 22.2. The maximum atomic E-state index is 13.2. The molecule has 0 aromatic carbocycles. The topological polar surface area (TPSA) is 228 Å². The average Bonchev–Trinajstić information content (AvgIpc) is 3.44. The SMILES string of the molecule is CCCCCCC/C=C\CCCCCCCC(=O)NC(COC1OC(CO)C(OC2OC(CO)C(O)C(O)C2O)C(O)C1O)C(O)/C=C/CC/C=C/CC/C=C/CCCCCCCCCCCCCCCCCCCCC. The van der Waals surface area contributed by atoms with Crippen LogP contribution in [0.4, 0.5) is 0 Å². The van der Waals surface area contributed by atoms with Crippen LogP contribution in [-0.4, -0.2) is 140 Å². The molecule has 0 bridgehead atoms. The van der Waals surface area contributed by atoms with Crippen LogP contribution >= 0.6 is 0 Å². The van der Waals surface area contributed by atoms with Gasteiger partial charge in [-0.25, -0.2) is 0 Å². The summed E-state index contributed by atoms with van der Waals surface area (Å²) in [6, 6.07) is -0.943. The van der Waals surface area contributed by atoms with E-state index in [1.54, 1.807) is 6.08 Å². The summed E-state index contributed by atoms with van der Waals surface area (Å²) in [7, 11) is 0. The second-order valence-corrected chi connectivity index (χ2v) is 22.2. The first-order valence-corrected chi connectivity index (χ1v) is 31.4. The van der Waals surface area contributed by atoms with Crippen LogP contribution in [0.3, 0.4) is 0 Å². The number of carbonyl (C=O) groups is 1. The fourth-order valence-electron chi connectivity index (χ4n) is 10.1. The largest absolute Gasteiger partial charge is 0.394 e. The van der Waals surface area contributed by atoms with E-state index in [-0.39, 0.29) is 18.9 Å². The number of nitrogens with one attached hydrogen (secondary N) is 1. The van der Waals surface area contributed by atoms with E-state index < -0.39 is 86.8 Å². The molecule has 14 heteroatoms. The van der Waals surface area contributed by atoms with Crippen molar-refractivity contribution in [3.05, 3.63) is 48.6 Å². The van der Waals surface area contributed by atoms with Crippen LogP contribution in [0.15, 0.2) is 48.6 Å². The Morgan fingerprint density at radius 3 is 1.27 bits per heavy atom. The molecular formula is C63H115NO13. The predicted octanol–water partition coefficient (Wildman–Crippen LogP) is 11.2. The van der Waals surface area contributed by atoms with E-state index in [1.165, 1.54) is 154 Å². The second kappa shape index (κ2) is 48.6. The first-order chi connectivity index (χ1) is 37.6. The molecule has 450 valence electrons. The Bertz CT molecular complexity index is 1480. The molecule has 2 aliphatic rings. The number of hydrogen-bond donors (Lipinski definition) is 9. The number of carbonyl (C=O) groups excluding carboxylic acids is 1. The molecule has 2 heterocycles. The zero-order valence-electron chi connectivity index (χ0n) is 48.5. The normalized spacial score (nSPS) is 25.0. The highest BCUT2D eigenvalue weighted by Gasteiger charge is 2.51. The van der Waals surface area contributed by atoms with Crippen LogP contribution in [0.1, 0.15) is 251 Å². The minimum atomic E-state index is -1.79. The van der Waals surface area contributed by atoms with Crippen molar-refractivity contribution >= 4 is 5.91 Å². The summed E-state index contributed by atoms with van der Waals surface area (Å²) < 4.78 is 22.7. The van der Waals surface area contributed by atoms with E-state index in [0.717, 1.165) is 64.2 Å². The molecule has 0 saturated carbocycles. The fourth-order valence-corrected chi connectivity index (χ4v) is 10.1. The van der Waals surface area contributed by atoms with Gasteiger partial charge in [-0.1, -0.05) is 223 Å². The summed E-state index contributed by atoms with van der Waals surface area (Å²) in [6.45, 7) is 2.77. The van der Waals surface area contributed by atoms with E-state index in [2.05, 4.69) is 55.6 Å². The lowest BCUT2D eigenvalue weighted by molar-refractivity contribution is -0.359. The molecule has 0 radical (unpaired) electrons. The van der Waals surface area contributed by atoms with Crippen molar-refractivity contribution in [2.45, 2.75) is 325 Å². The lowest BCUT2D eigenvalue weighted by atomic mass is 9.97. The van der Waals surface area contributed by atoms with Gasteiger partial charge in [-0.3, -0.25) is 4.79 Å². The molecule has 0 aliphatic carbocycles. The van der Waals surface area contributed by atoms with Crippen LogP contribution in [0.5, 0.6) is 0 Å². The number of ether oxygens (including phenoxy) is 4. The molecule has 0 spiro atoms. The minimum absolute atomic E-state index is 0.259. The quantitative estimate of drug-likeness (QED) is 0.0204. The number of hydrogen-bond acceptors (Lipinski definition) is 13. The molecule has 9 N–H and O–H groups in total. The summed E-state index contributed by atoms with van der Waals surface area (Å²) in [5.41, 5.74) is 0. The standard InChI is InChI=1S/C63H115NO13/c1-3-5-7-9-11-13-15-17-19-20-21-22-23-24-25-26-27-28-29-30-31-32-33-34-36-38-40-42-44-46-52(67)51(64-55(68)47-45-43-41-39-37-35-18-16-14-12-10-8-6-4-2)50-74-62-60(73)58(71)61(54(49-66)76-62)77-63-59(72)57(70)56(69)53(48-65)75-63/h16,18,31-32,36,38,44,46,51-54,56-63,65-67,69-73H,3-15,17,19-30,33-35,37,39-43,45,47-50H2,1-2H3,(H,64,68)/b18-16-,32-31+,38-36+,46-44+. The first kappa shape index (κ1) is 71.1. The first-order valence-electron chi connectivity index (χ1n) is 31.4.